The first-order chi connectivity index (χ1) is 17.8. The maximum absolute atomic E-state index is 13.5. The molecule has 192 valence electrons. The van der Waals surface area contributed by atoms with Crippen molar-refractivity contribution in [2.75, 3.05) is 32.8 Å². The minimum Gasteiger partial charge on any atom is -0.507 e. The van der Waals surface area contributed by atoms with Crippen molar-refractivity contribution in [3.8, 4) is 23.0 Å². The Kier molecular flexibility index (Phi) is 7.59. The van der Waals surface area contributed by atoms with Crippen molar-refractivity contribution < 1.29 is 33.6 Å². The monoisotopic (exact) mass is 523 g/mol. The minimum absolute atomic E-state index is 0.121. The molecule has 0 aromatic heterocycles. The van der Waals surface area contributed by atoms with Crippen molar-refractivity contribution in [1.29, 1.82) is 0 Å². The van der Waals surface area contributed by atoms with E-state index in [4.69, 9.17) is 30.5 Å². The molecule has 1 saturated heterocycles. The van der Waals surface area contributed by atoms with Crippen molar-refractivity contribution in [2.24, 2.45) is 0 Å². The Morgan fingerprint density at radius 3 is 2.30 bits per heavy atom. The number of ether oxygens (including phenoxy) is 4. The van der Waals surface area contributed by atoms with E-state index >= 15 is 0 Å². The first-order valence-electron chi connectivity index (χ1n) is 11.4. The van der Waals surface area contributed by atoms with Crippen LogP contribution < -0.4 is 23.8 Å². The third-order valence-corrected chi connectivity index (χ3v) is 6.23. The average Bonchev–Trinajstić information content (AvgIpc) is 3.18. The number of hydrogen-bond donors (Lipinski definition) is 1. The van der Waals surface area contributed by atoms with Crippen LogP contribution in [0.3, 0.4) is 0 Å². The van der Waals surface area contributed by atoms with Crippen molar-refractivity contribution in [3.05, 3.63) is 82.4 Å². The van der Waals surface area contributed by atoms with E-state index in [9.17, 15) is 14.7 Å². The molecule has 1 atom stereocenters. The summed E-state index contributed by atoms with van der Waals surface area (Å²) >= 11 is 6.22. The summed E-state index contributed by atoms with van der Waals surface area (Å²) in [5.74, 6) is -0.428. The molecule has 37 heavy (non-hydrogen) atoms. The maximum atomic E-state index is 13.5. The third-order valence-electron chi connectivity index (χ3n) is 6.00. The molecule has 1 aliphatic rings. The number of Topliss-reactive ketones (excluding diaryl/α,β-unsaturated/α-hetero) is 1. The zero-order chi connectivity index (χ0) is 26.7. The number of aliphatic hydroxyl groups excluding tert-OH is 1. The van der Waals surface area contributed by atoms with E-state index < -0.39 is 23.5 Å². The molecule has 3 aromatic rings. The van der Waals surface area contributed by atoms with Gasteiger partial charge in [0.15, 0.2) is 11.5 Å². The van der Waals surface area contributed by atoms with Gasteiger partial charge < -0.3 is 24.1 Å². The molecule has 1 heterocycles. The van der Waals surface area contributed by atoms with Crippen molar-refractivity contribution in [3.63, 3.8) is 0 Å². The number of anilines is 1. The summed E-state index contributed by atoms with van der Waals surface area (Å²) in [6.45, 7) is 2.20. The molecule has 0 aliphatic carbocycles. The zero-order valence-corrected chi connectivity index (χ0v) is 21.5. The number of ketones is 1. The number of nitrogens with zero attached hydrogens (tertiary/aromatic N) is 1. The van der Waals surface area contributed by atoms with E-state index in [-0.39, 0.29) is 11.1 Å². The van der Waals surface area contributed by atoms with Crippen LogP contribution >= 0.6 is 11.6 Å². The Morgan fingerprint density at radius 2 is 1.65 bits per heavy atom. The van der Waals surface area contributed by atoms with Gasteiger partial charge in [-0.25, -0.2) is 0 Å². The zero-order valence-electron chi connectivity index (χ0n) is 20.8. The average molecular weight is 524 g/mol. The van der Waals surface area contributed by atoms with Gasteiger partial charge in [-0.05, 0) is 61.0 Å². The fourth-order valence-electron chi connectivity index (χ4n) is 4.32. The van der Waals surface area contributed by atoms with E-state index in [2.05, 4.69) is 0 Å². The highest BCUT2D eigenvalue weighted by molar-refractivity contribution is 6.51. The summed E-state index contributed by atoms with van der Waals surface area (Å²) in [5.41, 5.74) is 0.996. The molecule has 0 spiro atoms. The second-order valence-electron chi connectivity index (χ2n) is 8.06. The lowest BCUT2D eigenvalue weighted by atomic mass is 9.94. The second-order valence-corrected chi connectivity index (χ2v) is 8.49. The first-order valence-corrected chi connectivity index (χ1v) is 11.8. The van der Waals surface area contributed by atoms with Crippen LogP contribution in [0.15, 0.2) is 66.2 Å². The lowest BCUT2D eigenvalue weighted by Gasteiger charge is -2.26. The topological polar surface area (TPSA) is 94.5 Å². The number of benzene rings is 3. The van der Waals surface area contributed by atoms with Gasteiger partial charge in [0.25, 0.3) is 11.7 Å². The standard InChI is InChI=1S/C28H26ClNO7/c1-5-37-23-13-16(9-11-22(23)36-4)25-24(26(31)20-15-19(34-2)10-12-21(20)35-3)27(32)28(33)30(25)18-8-6-7-17(29)14-18/h6-15,25,31H,5H2,1-4H3/b26-24+. The van der Waals surface area contributed by atoms with Gasteiger partial charge in [-0.15, -0.1) is 0 Å². The predicted molar refractivity (Wildman–Crippen MR) is 140 cm³/mol. The predicted octanol–water partition coefficient (Wildman–Crippen LogP) is 5.39. The fraction of sp³-hybridized carbons (Fsp3) is 0.214. The van der Waals surface area contributed by atoms with Crippen molar-refractivity contribution in [1.82, 2.24) is 0 Å². The van der Waals surface area contributed by atoms with E-state index in [1.54, 1.807) is 54.6 Å². The van der Waals surface area contributed by atoms with Crippen molar-refractivity contribution >= 4 is 34.7 Å². The van der Waals surface area contributed by atoms with Crippen LogP contribution in [0.1, 0.15) is 24.1 Å². The number of hydrogen-bond acceptors (Lipinski definition) is 7. The van der Waals surface area contributed by atoms with Gasteiger partial charge in [0.1, 0.15) is 17.3 Å². The van der Waals surface area contributed by atoms with E-state index in [0.29, 0.717) is 45.9 Å². The molecule has 4 rings (SSSR count). The number of carbonyl (C=O) groups is 2. The van der Waals surface area contributed by atoms with Crippen LogP contribution in [0.25, 0.3) is 5.76 Å². The minimum atomic E-state index is -1.00. The summed E-state index contributed by atoms with van der Waals surface area (Å²) in [6, 6.07) is 15.5. The van der Waals surface area contributed by atoms with Crippen LogP contribution in [0.2, 0.25) is 5.02 Å². The van der Waals surface area contributed by atoms with Gasteiger partial charge in [-0.3, -0.25) is 14.5 Å². The van der Waals surface area contributed by atoms with Crippen LogP contribution in [0.5, 0.6) is 23.0 Å². The molecular weight excluding hydrogens is 498 g/mol. The van der Waals surface area contributed by atoms with Gasteiger partial charge in [-0.1, -0.05) is 23.7 Å². The maximum Gasteiger partial charge on any atom is 0.300 e. The Morgan fingerprint density at radius 1 is 0.919 bits per heavy atom. The summed E-state index contributed by atoms with van der Waals surface area (Å²) in [5, 5.41) is 11.9. The molecule has 0 saturated carbocycles. The van der Waals surface area contributed by atoms with Crippen LogP contribution in [-0.2, 0) is 9.59 Å². The lowest BCUT2D eigenvalue weighted by Crippen LogP contribution is -2.29. The smallest absolute Gasteiger partial charge is 0.300 e. The Bertz CT molecular complexity index is 1380. The molecular formula is C28H26ClNO7. The number of carbonyl (C=O) groups excluding carboxylic acids is 2. The molecule has 9 heteroatoms. The molecule has 0 bridgehead atoms. The normalized spacial score (nSPS) is 16.6. The number of aliphatic hydroxyl groups is 1. The molecule has 3 aromatic carbocycles. The Balaban J connectivity index is 2.01. The highest BCUT2D eigenvalue weighted by atomic mass is 35.5. The lowest BCUT2D eigenvalue weighted by molar-refractivity contribution is -0.132. The van der Waals surface area contributed by atoms with Crippen molar-refractivity contribution in [2.45, 2.75) is 13.0 Å². The number of halogens is 1. The number of rotatable bonds is 8. The van der Waals surface area contributed by atoms with E-state index in [1.165, 1.54) is 32.3 Å². The number of methoxy groups -OCH3 is 3. The molecule has 1 N–H and O–H groups in total. The fourth-order valence-corrected chi connectivity index (χ4v) is 4.50. The summed E-state index contributed by atoms with van der Waals surface area (Å²) in [7, 11) is 4.44. The van der Waals surface area contributed by atoms with Gasteiger partial charge in [0.05, 0.1) is 45.1 Å². The van der Waals surface area contributed by atoms with Crippen LogP contribution in [0, 0.1) is 0 Å². The Hall–Kier alpha value is -4.17. The van der Waals surface area contributed by atoms with Gasteiger partial charge in [-0.2, -0.15) is 0 Å². The summed E-state index contributed by atoms with van der Waals surface area (Å²) in [4.78, 5) is 28.2. The van der Waals surface area contributed by atoms with Gasteiger partial charge >= 0.3 is 0 Å². The number of amides is 1. The second kappa shape index (κ2) is 10.8. The molecule has 8 nitrogen and oxygen atoms in total. The Labute approximate surface area is 219 Å². The quantitative estimate of drug-likeness (QED) is 0.240. The molecule has 1 unspecified atom stereocenters. The largest absolute Gasteiger partial charge is 0.507 e. The van der Waals surface area contributed by atoms with Crippen LogP contribution in [0.4, 0.5) is 5.69 Å². The first kappa shape index (κ1) is 25.9. The highest BCUT2D eigenvalue weighted by Crippen LogP contribution is 2.45. The molecule has 0 radical (unpaired) electrons. The SMILES string of the molecule is CCOc1cc(C2/C(=C(\O)c3cc(OC)ccc3OC)C(=O)C(=O)N2c2cccc(Cl)c2)ccc1OC. The third kappa shape index (κ3) is 4.80. The van der Waals surface area contributed by atoms with Gasteiger partial charge in [0.2, 0.25) is 0 Å². The van der Waals surface area contributed by atoms with Crippen LogP contribution in [-0.4, -0.2) is 44.7 Å². The van der Waals surface area contributed by atoms with E-state index in [0.717, 1.165) is 0 Å². The highest BCUT2D eigenvalue weighted by Gasteiger charge is 2.47. The molecule has 1 amide bonds. The molecule has 1 aliphatic heterocycles. The molecule has 1 fully saturated rings. The summed E-state index contributed by atoms with van der Waals surface area (Å²) in [6.07, 6.45) is 0. The van der Waals surface area contributed by atoms with Gasteiger partial charge in [0, 0.05) is 10.7 Å². The summed E-state index contributed by atoms with van der Waals surface area (Å²) < 4.78 is 21.9. The van der Waals surface area contributed by atoms with E-state index in [1.807, 2.05) is 6.92 Å².